The number of carbonyl (C=O) groups is 4. The Morgan fingerprint density at radius 2 is 1.79 bits per heavy atom. The summed E-state index contributed by atoms with van der Waals surface area (Å²) in [5.74, 6) is -2.50. The van der Waals surface area contributed by atoms with Gasteiger partial charge in [-0.05, 0) is 73.5 Å². The molecule has 4 rings (SSSR count). The van der Waals surface area contributed by atoms with Gasteiger partial charge in [-0.25, -0.2) is 14.1 Å². The number of ether oxygens (including phenoxy) is 2. The van der Waals surface area contributed by atoms with Crippen LogP contribution >= 0.6 is 11.6 Å². The number of benzene rings is 3. The van der Waals surface area contributed by atoms with Crippen molar-refractivity contribution in [2.45, 2.75) is 13.8 Å². The van der Waals surface area contributed by atoms with Crippen molar-refractivity contribution in [3.8, 4) is 11.5 Å². The number of anilines is 2. The summed E-state index contributed by atoms with van der Waals surface area (Å²) in [7, 11) is 0. The van der Waals surface area contributed by atoms with Crippen LogP contribution in [0.3, 0.4) is 0 Å². The third-order valence-electron chi connectivity index (χ3n) is 5.60. The van der Waals surface area contributed by atoms with Gasteiger partial charge in [0.05, 0.1) is 17.3 Å². The zero-order valence-corrected chi connectivity index (χ0v) is 21.7. The van der Waals surface area contributed by atoms with Crippen LogP contribution < -0.4 is 25.0 Å². The fourth-order valence-corrected chi connectivity index (χ4v) is 4.03. The molecule has 1 saturated heterocycles. The van der Waals surface area contributed by atoms with Crippen molar-refractivity contribution >= 4 is 52.8 Å². The van der Waals surface area contributed by atoms with E-state index in [9.17, 15) is 23.6 Å². The molecule has 0 aliphatic carbocycles. The van der Waals surface area contributed by atoms with Gasteiger partial charge in [-0.3, -0.25) is 19.7 Å². The number of urea groups is 1. The van der Waals surface area contributed by atoms with Crippen molar-refractivity contribution in [3.05, 3.63) is 88.2 Å². The van der Waals surface area contributed by atoms with Gasteiger partial charge in [-0.2, -0.15) is 0 Å². The average molecular weight is 552 g/mol. The number of para-hydroxylation sites is 1. The summed E-state index contributed by atoms with van der Waals surface area (Å²) in [5.41, 5.74) is 1.55. The summed E-state index contributed by atoms with van der Waals surface area (Å²) in [6.45, 7) is 3.47. The molecular weight excluding hydrogens is 529 g/mol. The molecule has 1 aliphatic rings. The van der Waals surface area contributed by atoms with E-state index in [1.807, 2.05) is 19.1 Å². The highest BCUT2D eigenvalue weighted by molar-refractivity contribution is 6.39. The van der Waals surface area contributed by atoms with E-state index in [4.69, 9.17) is 21.1 Å². The van der Waals surface area contributed by atoms with Crippen molar-refractivity contribution in [1.82, 2.24) is 5.32 Å². The van der Waals surface area contributed by atoms with Crippen LogP contribution in [0.25, 0.3) is 6.08 Å². The highest BCUT2D eigenvalue weighted by Gasteiger charge is 2.37. The molecule has 200 valence electrons. The first-order valence-electron chi connectivity index (χ1n) is 11.8. The Morgan fingerprint density at radius 1 is 1.08 bits per heavy atom. The molecule has 0 unspecified atom stereocenters. The quantitative estimate of drug-likeness (QED) is 0.305. The minimum absolute atomic E-state index is 0.0617. The normalized spacial score (nSPS) is 14.3. The van der Waals surface area contributed by atoms with Gasteiger partial charge in [-0.1, -0.05) is 29.8 Å². The fourth-order valence-electron chi connectivity index (χ4n) is 3.76. The van der Waals surface area contributed by atoms with Gasteiger partial charge in [0.1, 0.15) is 11.4 Å². The van der Waals surface area contributed by atoms with Gasteiger partial charge in [0, 0.05) is 5.69 Å². The fraction of sp³-hybridized carbons (Fsp3) is 0.143. The summed E-state index contributed by atoms with van der Waals surface area (Å²) in [5, 5.41) is 4.92. The first-order valence-corrected chi connectivity index (χ1v) is 12.2. The molecule has 1 aliphatic heterocycles. The van der Waals surface area contributed by atoms with Crippen LogP contribution in [0.2, 0.25) is 5.02 Å². The lowest BCUT2D eigenvalue weighted by Gasteiger charge is -2.26. The number of nitrogens with zero attached hydrogens (tertiary/aromatic N) is 1. The molecule has 2 N–H and O–H groups in total. The SMILES string of the molecule is CCOc1cc(/C=C2\C(=O)NC(=O)N(c3ccc(F)cc3)C2=O)cc(Cl)c1OCC(=O)Nc1ccccc1C. The van der Waals surface area contributed by atoms with E-state index in [2.05, 4.69) is 10.6 Å². The molecule has 11 heteroatoms. The second-order valence-corrected chi connectivity index (χ2v) is 8.76. The lowest BCUT2D eigenvalue weighted by Crippen LogP contribution is -2.54. The van der Waals surface area contributed by atoms with Crippen LogP contribution in [-0.2, 0) is 14.4 Å². The Hall–Kier alpha value is -4.70. The molecular formula is C28H23ClFN3O6. The molecule has 9 nitrogen and oxygen atoms in total. The van der Waals surface area contributed by atoms with Crippen molar-refractivity contribution in [1.29, 1.82) is 0 Å². The van der Waals surface area contributed by atoms with Crippen LogP contribution in [0.5, 0.6) is 11.5 Å². The van der Waals surface area contributed by atoms with E-state index in [0.717, 1.165) is 22.6 Å². The molecule has 0 saturated carbocycles. The zero-order chi connectivity index (χ0) is 28.1. The standard InChI is InChI=1S/C28H23ClFN3O6/c1-3-38-23-14-17(13-21(29)25(23)39-15-24(34)31-22-7-5-4-6-16(22)2)12-20-26(35)32-28(37)33(27(20)36)19-10-8-18(30)9-11-19/h4-14H,3,15H2,1-2H3,(H,31,34)(H,32,35,37)/b20-12+. The molecule has 3 aromatic carbocycles. The third-order valence-corrected chi connectivity index (χ3v) is 5.88. The number of barbiturate groups is 1. The molecule has 5 amide bonds. The van der Waals surface area contributed by atoms with Crippen LogP contribution in [0, 0.1) is 12.7 Å². The van der Waals surface area contributed by atoms with Gasteiger partial charge >= 0.3 is 6.03 Å². The van der Waals surface area contributed by atoms with E-state index in [1.165, 1.54) is 30.3 Å². The lowest BCUT2D eigenvalue weighted by atomic mass is 10.1. The molecule has 3 aromatic rings. The number of hydrogen-bond donors (Lipinski definition) is 2. The van der Waals surface area contributed by atoms with Crippen LogP contribution in [-0.4, -0.2) is 37.0 Å². The van der Waals surface area contributed by atoms with Crippen LogP contribution in [0.4, 0.5) is 20.6 Å². The topological polar surface area (TPSA) is 114 Å². The second kappa shape index (κ2) is 11.8. The average Bonchev–Trinajstić information content (AvgIpc) is 2.88. The van der Waals surface area contributed by atoms with Gasteiger partial charge < -0.3 is 14.8 Å². The molecule has 0 radical (unpaired) electrons. The number of carbonyl (C=O) groups excluding carboxylic acids is 4. The van der Waals surface area contributed by atoms with Crippen molar-refractivity contribution in [2.24, 2.45) is 0 Å². The summed E-state index contributed by atoms with van der Waals surface area (Å²) in [6.07, 6.45) is 1.24. The van der Waals surface area contributed by atoms with Crippen molar-refractivity contribution in [2.75, 3.05) is 23.4 Å². The van der Waals surface area contributed by atoms with Crippen LogP contribution in [0.15, 0.2) is 66.2 Å². The van der Waals surface area contributed by atoms with E-state index in [-0.39, 0.29) is 41.0 Å². The molecule has 1 fully saturated rings. The lowest BCUT2D eigenvalue weighted by molar-refractivity contribution is -0.122. The number of nitrogens with one attached hydrogen (secondary N) is 2. The molecule has 0 bridgehead atoms. The first kappa shape index (κ1) is 27.3. The predicted molar refractivity (Wildman–Crippen MR) is 143 cm³/mol. The van der Waals surface area contributed by atoms with Gasteiger partial charge in [0.15, 0.2) is 18.1 Å². The van der Waals surface area contributed by atoms with E-state index >= 15 is 0 Å². The van der Waals surface area contributed by atoms with Gasteiger partial charge in [0.2, 0.25) is 0 Å². The molecule has 0 atom stereocenters. The largest absolute Gasteiger partial charge is 0.490 e. The smallest absolute Gasteiger partial charge is 0.335 e. The maximum Gasteiger partial charge on any atom is 0.335 e. The Balaban J connectivity index is 1.58. The number of hydrogen-bond acceptors (Lipinski definition) is 6. The Morgan fingerprint density at radius 3 is 2.49 bits per heavy atom. The maximum atomic E-state index is 13.3. The van der Waals surface area contributed by atoms with Crippen molar-refractivity contribution in [3.63, 3.8) is 0 Å². The summed E-state index contributed by atoms with van der Waals surface area (Å²) < 4.78 is 24.6. The summed E-state index contributed by atoms with van der Waals surface area (Å²) >= 11 is 6.44. The van der Waals surface area contributed by atoms with Gasteiger partial charge in [-0.15, -0.1) is 0 Å². The summed E-state index contributed by atoms with van der Waals surface area (Å²) in [4.78, 5) is 51.2. The van der Waals surface area contributed by atoms with E-state index in [0.29, 0.717) is 11.3 Å². The number of rotatable bonds is 8. The monoisotopic (exact) mass is 551 g/mol. The van der Waals surface area contributed by atoms with Gasteiger partial charge in [0.25, 0.3) is 17.7 Å². The summed E-state index contributed by atoms with van der Waals surface area (Å²) in [6, 6.07) is 13.9. The minimum Gasteiger partial charge on any atom is -0.490 e. The molecule has 0 spiro atoms. The third kappa shape index (κ3) is 6.24. The predicted octanol–water partition coefficient (Wildman–Crippen LogP) is 4.87. The highest BCUT2D eigenvalue weighted by Crippen LogP contribution is 2.37. The molecule has 39 heavy (non-hydrogen) atoms. The van der Waals surface area contributed by atoms with Crippen LogP contribution in [0.1, 0.15) is 18.1 Å². The maximum absolute atomic E-state index is 13.3. The molecule has 1 heterocycles. The number of amides is 5. The number of halogens is 2. The van der Waals surface area contributed by atoms with Crippen molar-refractivity contribution < 1.29 is 33.0 Å². The Kier molecular flexibility index (Phi) is 8.26. The minimum atomic E-state index is -0.963. The molecule has 0 aromatic heterocycles. The van der Waals surface area contributed by atoms with E-state index in [1.54, 1.807) is 19.1 Å². The number of aryl methyl sites for hydroxylation is 1. The highest BCUT2D eigenvalue weighted by atomic mass is 35.5. The first-order chi connectivity index (χ1) is 18.7. The number of imide groups is 2. The zero-order valence-electron chi connectivity index (χ0n) is 20.9. The Labute approximate surface area is 228 Å². The Bertz CT molecular complexity index is 1490. The van der Waals surface area contributed by atoms with E-state index < -0.39 is 29.6 Å². The second-order valence-electron chi connectivity index (χ2n) is 8.35.